The van der Waals surface area contributed by atoms with Gasteiger partial charge in [0.25, 0.3) is 0 Å². The van der Waals surface area contributed by atoms with Gasteiger partial charge in [-0.3, -0.25) is 10.1 Å². The normalized spacial score (nSPS) is 13.9. The zero-order chi connectivity index (χ0) is 22.8. The quantitative estimate of drug-likeness (QED) is 0.428. The summed E-state index contributed by atoms with van der Waals surface area (Å²) in [5.41, 5.74) is 5.18. The Morgan fingerprint density at radius 2 is 1.72 bits per heavy atom. The lowest BCUT2D eigenvalue weighted by atomic mass is 10.1. The highest BCUT2D eigenvalue weighted by atomic mass is 35.5. The summed E-state index contributed by atoms with van der Waals surface area (Å²) in [5, 5.41) is 15.7. The summed E-state index contributed by atoms with van der Waals surface area (Å²) < 4.78 is 0. The van der Waals surface area contributed by atoms with Gasteiger partial charge in [0.15, 0.2) is 0 Å². The van der Waals surface area contributed by atoms with Gasteiger partial charge >= 0.3 is 5.69 Å². The molecule has 3 aromatic rings. The maximum atomic E-state index is 12.0. The summed E-state index contributed by atoms with van der Waals surface area (Å²) >= 11 is 6.03. The van der Waals surface area contributed by atoms with E-state index < -0.39 is 4.92 Å². The molecule has 0 unspecified atom stereocenters. The van der Waals surface area contributed by atoms with Crippen LogP contribution in [-0.2, 0) is 0 Å². The fraction of sp³-hybridized carbons (Fsp3) is 0.304. The van der Waals surface area contributed by atoms with Crippen LogP contribution in [0.15, 0.2) is 42.7 Å². The molecule has 0 atom stereocenters. The van der Waals surface area contributed by atoms with E-state index in [0.29, 0.717) is 29.6 Å². The van der Waals surface area contributed by atoms with E-state index in [9.17, 15) is 10.1 Å². The second kappa shape index (κ2) is 9.00. The summed E-state index contributed by atoms with van der Waals surface area (Å²) in [6.45, 7) is 8.89. The van der Waals surface area contributed by atoms with Crippen LogP contribution in [0.25, 0.3) is 0 Å². The zero-order valence-electron chi connectivity index (χ0n) is 18.3. The van der Waals surface area contributed by atoms with Gasteiger partial charge in [-0.05, 0) is 61.7 Å². The number of nitrogens with one attached hydrogen (secondary N) is 1. The first kappa shape index (κ1) is 21.8. The molecule has 32 heavy (non-hydrogen) atoms. The van der Waals surface area contributed by atoms with Crippen molar-refractivity contribution >= 4 is 40.3 Å². The van der Waals surface area contributed by atoms with Crippen molar-refractivity contribution in [3.05, 3.63) is 74.6 Å². The smallest absolute Gasteiger partial charge is 0.353 e. The van der Waals surface area contributed by atoms with E-state index in [1.165, 1.54) is 23.1 Å². The van der Waals surface area contributed by atoms with Crippen LogP contribution in [-0.4, -0.2) is 41.1 Å². The molecule has 9 heteroatoms. The third-order valence-corrected chi connectivity index (χ3v) is 6.16. The Bertz CT molecular complexity index is 1160. The molecule has 166 valence electrons. The SMILES string of the molecule is Cc1cc(Cl)ccc1Nc1ncnc(N2CCN(c3cccc(C)c3C)CC2)c1[N+](=O)[O-]. The van der Waals surface area contributed by atoms with Crippen molar-refractivity contribution in [1.29, 1.82) is 0 Å². The molecule has 2 aromatic carbocycles. The van der Waals surface area contributed by atoms with E-state index in [2.05, 4.69) is 52.2 Å². The Kier molecular flexibility index (Phi) is 6.14. The molecule has 4 rings (SSSR count). The zero-order valence-corrected chi connectivity index (χ0v) is 19.1. The Hall–Kier alpha value is -3.39. The Morgan fingerprint density at radius 3 is 2.41 bits per heavy atom. The Labute approximate surface area is 192 Å². The molecule has 1 aliphatic heterocycles. The summed E-state index contributed by atoms with van der Waals surface area (Å²) in [7, 11) is 0. The molecule has 1 aromatic heterocycles. The highest BCUT2D eigenvalue weighted by Gasteiger charge is 2.30. The number of piperazine rings is 1. The molecular weight excluding hydrogens is 428 g/mol. The predicted molar refractivity (Wildman–Crippen MR) is 129 cm³/mol. The maximum Gasteiger partial charge on any atom is 0.353 e. The van der Waals surface area contributed by atoms with E-state index >= 15 is 0 Å². The first-order valence-corrected chi connectivity index (χ1v) is 10.8. The second-order valence-corrected chi connectivity index (χ2v) is 8.37. The van der Waals surface area contributed by atoms with E-state index in [-0.39, 0.29) is 11.5 Å². The molecule has 2 heterocycles. The van der Waals surface area contributed by atoms with Gasteiger partial charge < -0.3 is 15.1 Å². The van der Waals surface area contributed by atoms with Gasteiger partial charge in [-0.25, -0.2) is 9.97 Å². The van der Waals surface area contributed by atoms with Crippen LogP contribution in [0.4, 0.5) is 28.7 Å². The number of nitro groups is 1. The lowest BCUT2D eigenvalue weighted by molar-refractivity contribution is -0.383. The molecule has 0 aliphatic carbocycles. The first-order valence-electron chi connectivity index (χ1n) is 10.4. The molecule has 1 saturated heterocycles. The van der Waals surface area contributed by atoms with Crippen LogP contribution in [0.5, 0.6) is 0 Å². The van der Waals surface area contributed by atoms with Crippen LogP contribution in [0.3, 0.4) is 0 Å². The van der Waals surface area contributed by atoms with Crippen molar-refractivity contribution in [3.63, 3.8) is 0 Å². The topological polar surface area (TPSA) is 87.4 Å². The van der Waals surface area contributed by atoms with E-state index in [1.54, 1.807) is 18.2 Å². The highest BCUT2D eigenvalue weighted by molar-refractivity contribution is 6.30. The summed E-state index contributed by atoms with van der Waals surface area (Å²) in [6.07, 6.45) is 1.37. The summed E-state index contributed by atoms with van der Waals surface area (Å²) in [5.74, 6) is 0.502. The molecule has 1 fully saturated rings. The van der Waals surface area contributed by atoms with E-state index in [0.717, 1.165) is 18.7 Å². The molecule has 1 N–H and O–H groups in total. The van der Waals surface area contributed by atoms with Gasteiger partial charge in [-0.2, -0.15) is 0 Å². The van der Waals surface area contributed by atoms with Crippen molar-refractivity contribution in [3.8, 4) is 0 Å². The Morgan fingerprint density at radius 1 is 1.00 bits per heavy atom. The number of hydrogen-bond donors (Lipinski definition) is 1. The fourth-order valence-electron chi connectivity index (χ4n) is 3.99. The number of hydrogen-bond acceptors (Lipinski definition) is 7. The number of nitrogens with zero attached hydrogens (tertiary/aromatic N) is 5. The molecule has 0 spiro atoms. The summed E-state index contributed by atoms with van der Waals surface area (Å²) in [4.78, 5) is 24.3. The average Bonchev–Trinajstić information content (AvgIpc) is 2.77. The van der Waals surface area contributed by atoms with Gasteiger partial charge in [0.05, 0.1) is 4.92 Å². The number of rotatable bonds is 5. The molecule has 8 nitrogen and oxygen atoms in total. The van der Waals surface area contributed by atoms with Crippen LogP contribution in [0.2, 0.25) is 5.02 Å². The van der Waals surface area contributed by atoms with Crippen LogP contribution >= 0.6 is 11.6 Å². The summed E-state index contributed by atoms with van der Waals surface area (Å²) in [6, 6.07) is 11.6. The number of halogens is 1. The largest absolute Gasteiger partial charge is 0.368 e. The van der Waals surface area contributed by atoms with Crippen LogP contribution in [0.1, 0.15) is 16.7 Å². The lowest BCUT2D eigenvalue weighted by Gasteiger charge is -2.37. The number of aromatic nitrogens is 2. The predicted octanol–water partition coefficient (Wildman–Crippen LogP) is 5.03. The molecular formula is C23H25ClN6O2. The van der Waals surface area contributed by atoms with Gasteiger partial charge in [-0.1, -0.05) is 23.7 Å². The molecule has 0 saturated carbocycles. The van der Waals surface area contributed by atoms with Crippen molar-refractivity contribution in [2.45, 2.75) is 20.8 Å². The monoisotopic (exact) mass is 452 g/mol. The minimum Gasteiger partial charge on any atom is -0.368 e. The van der Waals surface area contributed by atoms with E-state index in [4.69, 9.17) is 11.6 Å². The van der Waals surface area contributed by atoms with Gasteiger partial charge in [0, 0.05) is 42.6 Å². The average molecular weight is 453 g/mol. The van der Waals surface area contributed by atoms with Gasteiger partial charge in [-0.15, -0.1) is 0 Å². The fourth-order valence-corrected chi connectivity index (χ4v) is 4.22. The molecule has 0 bridgehead atoms. The van der Waals surface area contributed by atoms with Gasteiger partial charge in [0.2, 0.25) is 11.6 Å². The van der Waals surface area contributed by atoms with Crippen LogP contribution < -0.4 is 15.1 Å². The molecule has 1 aliphatic rings. The van der Waals surface area contributed by atoms with Crippen LogP contribution in [0, 0.1) is 30.9 Å². The third kappa shape index (κ3) is 4.31. The Balaban J connectivity index is 1.58. The van der Waals surface area contributed by atoms with Gasteiger partial charge in [0.1, 0.15) is 6.33 Å². The lowest BCUT2D eigenvalue weighted by Crippen LogP contribution is -2.47. The molecule has 0 amide bonds. The van der Waals surface area contributed by atoms with Crippen molar-refractivity contribution in [1.82, 2.24) is 9.97 Å². The third-order valence-electron chi connectivity index (χ3n) is 5.92. The maximum absolute atomic E-state index is 12.0. The second-order valence-electron chi connectivity index (χ2n) is 7.93. The van der Waals surface area contributed by atoms with Crippen molar-refractivity contribution in [2.24, 2.45) is 0 Å². The minimum absolute atomic E-state index is 0.123. The minimum atomic E-state index is -0.417. The number of benzene rings is 2. The first-order chi connectivity index (χ1) is 15.3. The number of aryl methyl sites for hydroxylation is 2. The molecule has 0 radical (unpaired) electrons. The van der Waals surface area contributed by atoms with Crippen molar-refractivity contribution in [2.75, 3.05) is 41.3 Å². The van der Waals surface area contributed by atoms with E-state index in [1.807, 2.05) is 11.8 Å². The number of anilines is 4. The van der Waals surface area contributed by atoms with Crippen molar-refractivity contribution < 1.29 is 4.92 Å². The standard InChI is InChI=1S/C23H25ClN6O2/c1-15-5-4-6-20(17(15)3)28-9-11-29(12-10-28)23-21(30(31)32)22(25-14-26-23)27-19-8-7-18(24)13-16(19)2/h4-8,13-14H,9-12H2,1-3H3,(H,25,26,27). The highest BCUT2D eigenvalue weighted by Crippen LogP contribution is 2.35.